The number of carboxylic acids is 1. The van der Waals surface area contributed by atoms with Gasteiger partial charge in [0.05, 0.1) is 25.7 Å². The fourth-order valence-electron chi connectivity index (χ4n) is 2.70. The fourth-order valence-corrected chi connectivity index (χ4v) is 2.70. The number of rotatable bonds is 6. The van der Waals surface area contributed by atoms with E-state index in [1.807, 2.05) is 6.92 Å². The summed E-state index contributed by atoms with van der Waals surface area (Å²) in [6.07, 6.45) is 2.03. The summed E-state index contributed by atoms with van der Waals surface area (Å²) in [6, 6.07) is 7.98. The Labute approximate surface area is 130 Å². The summed E-state index contributed by atoms with van der Waals surface area (Å²) in [7, 11) is 0. The molecule has 1 N–H and O–H groups in total. The van der Waals surface area contributed by atoms with Gasteiger partial charge in [-0.3, -0.25) is 9.59 Å². The van der Waals surface area contributed by atoms with Gasteiger partial charge >= 0.3 is 5.97 Å². The van der Waals surface area contributed by atoms with Crippen molar-refractivity contribution < 1.29 is 19.4 Å². The van der Waals surface area contributed by atoms with Crippen LogP contribution in [0.25, 0.3) is 0 Å². The lowest BCUT2D eigenvalue weighted by Gasteiger charge is -2.35. The molecule has 0 aliphatic carbocycles. The van der Waals surface area contributed by atoms with Crippen LogP contribution in [-0.4, -0.2) is 47.7 Å². The quantitative estimate of drug-likeness (QED) is 0.873. The molecule has 1 amide bonds. The lowest BCUT2D eigenvalue weighted by atomic mass is 10.1. The third-order valence-corrected chi connectivity index (χ3v) is 3.93. The van der Waals surface area contributed by atoms with Crippen molar-refractivity contribution in [2.24, 2.45) is 0 Å². The summed E-state index contributed by atoms with van der Waals surface area (Å²) in [4.78, 5) is 24.9. The van der Waals surface area contributed by atoms with E-state index in [0.717, 1.165) is 12.8 Å². The highest BCUT2D eigenvalue weighted by atomic mass is 16.5. The van der Waals surface area contributed by atoms with Crippen molar-refractivity contribution in [3.8, 4) is 0 Å². The third-order valence-electron chi connectivity index (χ3n) is 3.93. The molecule has 0 bridgehead atoms. The predicted molar refractivity (Wildman–Crippen MR) is 82.7 cm³/mol. The largest absolute Gasteiger partial charge is 0.481 e. The highest BCUT2D eigenvalue weighted by Crippen LogP contribution is 2.14. The molecule has 1 aromatic carbocycles. The van der Waals surface area contributed by atoms with Gasteiger partial charge in [-0.1, -0.05) is 29.8 Å². The number of benzene rings is 1. The molecule has 1 fully saturated rings. The Bertz CT molecular complexity index is 512. The molecule has 0 radical (unpaired) electrons. The van der Waals surface area contributed by atoms with Crippen LogP contribution in [0.5, 0.6) is 0 Å². The Kier molecular flexibility index (Phi) is 5.95. The van der Waals surface area contributed by atoms with Crippen LogP contribution in [0.3, 0.4) is 0 Å². The molecule has 1 unspecified atom stereocenters. The molecule has 2 rings (SSSR count). The van der Waals surface area contributed by atoms with Crippen LogP contribution >= 0.6 is 0 Å². The average molecular weight is 305 g/mol. The second-order valence-electron chi connectivity index (χ2n) is 5.75. The summed E-state index contributed by atoms with van der Waals surface area (Å²) in [5, 5.41) is 8.92. The Hall–Kier alpha value is -1.88. The average Bonchev–Trinajstić information content (AvgIpc) is 2.49. The second kappa shape index (κ2) is 7.94. The molecule has 1 atom stereocenters. The SMILES string of the molecule is Cc1ccc(CCCC(=O)N2CCOCC2CC(=O)O)cc1. The zero-order valence-corrected chi connectivity index (χ0v) is 13.0. The highest BCUT2D eigenvalue weighted by molar-refractivity contribution is 5.77. The number of morpholine rings is 1. The zero-order chi connectivity index (χ0) is 15.9. The summed E-state index contributed by atoms with van der Waals surface area (Å²) < 4.78 is 5.29. The first kappa shape index (κ1) is 16.5. The van der Waals surface area contributed by atoms with E-state index < -0.39 is 5.97 Å². The van der Waals surface area contributed by atoms with Crippen LogP contribution in [0.4, 0.5) is 0 Å². The number of ether oxygens (including phenoxy) is 1. The fraction of sp³-hybridized carbons (Fsp3) is 0.529. The third kappa shape index (κ3) is 4.84. The number of aryl methyl sites for hydroxylation is 2. The minimum atomic E-state index is -0.895. The number of carboxylic acid groups (broad SMARTS) is 1. The maximum atomic E-state index is 12.3. The van der Waals surface area contributed by atoms with E-state index in [0.29, 0.717) is 26.2 Å². The molecule has 1 aliphatic rings. The monoisotopic (exact) mass is 305 g/mol. The molecule has 0 aromatic heterocycles. The van der Waals surface area contributed by atoms with Crippen molar-refractivity contribution >= 4 is 11.9 Å². The number of aliphatic carboxylic acids is 1. The van der Waals surface area contributed by atoms with Gasteiger partial charge in [-0.15, -0.1) is 0 Å². The molecule has 1 saturated heterocycles. The van der Waals surface area contributed by atoms with Gasteiger partial charge < -0.3 is 14.7 Å². The molecular formula is C17H23NO4. The number of carbonyl (C=O) groups excluding carboxylic acids is 1. The van der Waals surface area contributed by atoms with E-state index in [9.17, 15) is 9.59 Å². The number of hydrogen-bond donors (Lipinski definition) is 1. The van der Waals surface area contributed by atoms with Crippen molar-refractivity contribution in [1.29, 1.82) is 0 Å². The minimum absolute atomic E-state index is 0.0293. The van der Waals surface area contributed by atoms with Crippen LogP contribution in [0, 0.1) is 6.92 Å². The van der Waals surface area contributed by atoms with Gasteiger partial charge in [0.1, 0.15) is 0 Å². The van der Waals surface area contributed by atoms with E-state index in [4.69, 9.17) is 9.84 Å². The lowest BCUT2D eigenvalue weighted by Crippen LogP contribution is -2.49. The van der Waals surface area contributed by atoms with Crippen LogP contribution in [-0.2, 0) is 20.7 Å². The first-order valence-corrected chi connectivity index (χ1v) is 7.71. The van der Waals surface area contributed by atoms with Crippen LogP contribution in [0.2, 0.25) is 0 Å². The number of nitrogens with zero attached hydrogens (tertiary/aromatic N) is 1. The van der Waals surface area contributed by atoms with Crippen molar-refractivity contribution in [2.45, 2.75) is 38.6 Å². The first-order valence-electron chi connectivity index (χ1n) is 7.71. The van der Waals surface area contributed by atoms with Gasteiger partial charge in [0.2, 0.25) is 5.91 Å². The van der Waals surface area contributed by atoms with Crippen molar-refractivity contribution in [1.82, 2.24) is 4.90 Å². The lowest BCUT2D eigenvalue weighted by molar-refractivity contribution is -0.146. The molecule has 0 saturated carbocycles. The standard InChI is InChI=1S/C17H23NO4/c1-13-5-7-14(8-6-13)3-2-4-16(19)18-9-10-22-12-15(18)11-17(20)21/h5-8,15H,2-4,9-12H2,1H3,(H,20,21). The van der Waals surface area contributed by atoms with Crippen LogP contribution in [0.15, 0.2) is 24.3 Å². The zero-order valence-electron chi connectivity index (χ0n) is 13.0. The number of carbonyl (C=O) groups is 2. The van der Waals surface area contributed by atoms with Gasteiger partial charge in [-0.25, -0.2) is 0 Å². The Morgan fingerprint density at radius 2 is 2.05 bits per heavy atom. The maximum absolute atomic E-state index is 12.3. The molecule has 22 heavy (non-hydrogen) atoms. The topological polar surface area (TPSA) is 66.8 Å². The van der Waals surface area contributed by atoms with Crippen molar-refractivity contribution in [3.63, 3.8) is 0 Å². The van der Waals surface area contributed by atoms with Gasteiger partial charge in [0.15, 0.2) is 0 Å². The first-order chi connectivity index (χ1) is 10.6. The van der Waals surface area contributed by atoms with Gasteiger partial charge in [-0.05, 0) is 25.3 Å². The highest BCUT2D eigenvalue weighted by Gasteiger charge is 2.28. The normalized spacial score (nSPS) is 18.2. The molecule has 5 nitrogen and oxygen atoms in total. The molecule has 5 heteroatoms. The Morgan fingerprint density at radius 1 is 1.32 bits per heavy atom. The van der Waals surface area contributed by atoms with E-state index >= 15 is 0 Å². The van der Waals surface area contributed by atoms with Crippen LogP contribution in [0.1, 0.15) is 30.4 Å². The Morgan fingerprint density at radius 3 is 2.73 bits per heavy atom. The molecule has 1 aliphatic heterocycles. The second-order valence-corrected chi connectivity index (χ2v) is 5.75. The summed E-state index contributed by atoms with van der Waals surface area (Å²) in [5.74, 6) is -0.866. The molecule has 0 spiro atoms. The smallest absolute Gasteiger partial charge is 0.305 e. The summed E-state index contributed by atoms with van der Waals surface area (Å²) in [5.41, 5.74) is 2.45. The van der Waals surface area contributed by atoms with E-state index in [2.05, 4.69) is 24.3 Å². The molecular weight excluding hydrogens is 282 g/mol. The van der Waals surface area contributed by atoms with E-state index in [1.54, 1.807) is 4.90 Å². The number of amides is 1. The maximum Gasteiger partial charge on any atom is 0.305 e. The molecule has 120 valence electrons. The molecule has 1 heterocycles. The predicted octanol–water partition coefficient (Wildman–Crippen LogP) is 2.02. The molecule has 1 aromatic rings. The van der Waals surface area contributed by atoms with Gasteiger partial charge in [0, 0.05) is 13.0 Å². The van der Waals surface area contributed by atoms with Gasteiger partial charge in [0.25, 0.3) is 0 Å². The van der Waals surface area contributed by atoms with E-state index in [1.165, 1.54) is 11.1 Å². The van der Waals surface area contributed by atoms with Crippen molar-refractivity contribution in [3.05, 3.63) is 35.4 Å². The summed E-state index contributed by atoms with van der Waals surface area (Å²) in [6.45, 7) is 3.34. The number of hydrogen-bond acceptors (Lipinski definition) is 3. The summed E-state index contributed by atoms with van der Waals surface area (Å²) >= 11 is 0. The van der Waals surface area contributed by atoms with E-state index in [-0.39, 0.29) is 18.4 Å². The Balaban J connectivity index is 1.82. The van der Waals surface area contributed by atoms with Crippen molar-refractivity contribution in [2.75, 3.05) is 19.8 Å². The van der Waals surface area contributed by atoms with Gasteiger partial charge in [-0.2, -0.15) is 0 Å². The minimum Gasteiger partial charge on any atom is -0.481 e. The van der Waals surface area contributed by atoms with Crippen LogP contribution < -0.4 is 0 Å².